The molecule has 0 aliphatic carbocycles. The van der Waals surface area contributed by atoms with Crippen LogP contribution in [0.3, 0.4) is 0 Å². The first kappa shape index (κ1) is 14.2. The second-order valence-corrected chi connectivity index (χ2v) is 3.63. The lowest BCUT2D eigenvalue weighted by molar-refractivity contribution is -0.138. The Morgan fingerprint density at radius 2 is 2.22 bits per heavy atom. The van der Waals surface area contributed by atoms with Gasteiger partial charge in [-0.05, 0) is 13.3 Å². The van der Waals surface area contributed by atoms with Crippen molar-refractivity contribution in [3.63, 3.8) is 0 Å². The van der Waals surface area contributed by atoms with Crippen LogP contribution in [0.25, 0.3) is 0 Å². The van der Waals surface area contributed by atoms with Gasteiger partial charge in [0.05, 0.1) is 13.7 Å². The lowest BCUT2D eigenvalue weighted by Gasteiger charge is -2.19. The molecule has 0 N–H and O–H groups in total. The third-order valence-electron chi connectivity index (χ3n) is 2.28. The molecule has 0 radical (unpaired) electrons. The smallest absolute Gasteiger partial charge is 0.325 e. The fourth-order valence-corrected chi connectivity index (χ4v) is 1.32. The van der Waals surface area contributed by atoms with Crippen molar-refractivity contribution >= 4 is 11.9 Å². The van der Waals surface area contributed by atoms with Crippen molar-refractivity contribution in [3.05, 3.63) is 12.3 Å². The van der Waals surface area contributed by atoms with Crippen LogP contribution in [0.15, 0.2) is 12.3 Å². The number of nitrogens with zero attached hydrogens (tertiary/aromatic N) is 3. The lowest BCUT2D eigenvalue weighted by atomic mass is 10.5. The standard InChI is InChI=1S/C12H19N3O3/c1-4-8-18-10-6-7-13-12(14-10)15(5-2)9-11(16)17-3/h6-7H,4-5,8-9H2,1-3H3. The summed E-state index contributed by atoms with van der Waals surface area (Å²) in [4.78, 5) is 21.4. The number of rotatable bonds is 7. The van der Waals surface area contributed by atoms with Gasteiger partial charge in [-0.15, -0.1) is 0 Å². The van der Waals surface area contributed by atoms with E-state index in [0.29, 0.717) is 25.0 Å². The van der Waals surface area contributed by atoms with Crippen LogP contribution in [0.5, 0.6) is 5.88 Å². The summed E-state index contributed by atoms with van der Waals surface area (Å²) in [6.45, 7) is 5.31. The molecular formula is C12H19N3O3. The minimum atomic E-state index is -0.319. The highest BCUT2D eigenvalue weighted by Crippen LogP contribution is 2.12. The first-order valence-electron chi connectivity index (χ1n) is 5.98. The summed E-state index contributed by atoms with van der Waals surface area (Å²) in [6, 6.07) is 1.70. The largest absolute Gasteiger partial charge is 0.478 e. The lowest BCUT2D eigenvalue weighted by Crippen LogP contribution is -2.31. The Bertz CT molecular complexity index is 385. The predicted molar refractivity (Wildman–Crippen MR) is 67.7 cm³/mol. The maximum atomic E-state index is 11.3. The number of methoxy groups -OCH3 is 1. The zero-order valence-electron chi connectivity index (χ0n) is 11.0. The Balaban J connectivity index is 2.75. The number of hydrogen-bond acceptors (Lipinski definition) is 6. The average Bonchev–Trinajstić information content (AvgIpc) is 2.42. The van der Waals surface area contributed by atoms with E-state index in [1.807, 2.05) is 13.8 Å². The van der Waals surface area contributed by atoms with E-state index in [2.05, 4.69) is 14.7 Å². The Morgan fingerprint density at radius 1 is 1.44 bits per heavy atom. The summed E-state index contributed by atoms with van der Waals surface area (Å²) < 4.78 is 10.1. The molecule has 6 heteroatoms. The van der Waals surface area contributed by atoms with Crippen LogP contribution in [0, 0.1) is 0 Å². The molecule has 0 aliphatic heterocycles. The van der Waals surface area contributed by atoms with Crippen LogP contribution >= 0.6 is 0 Å². The molecule has 0 amide bonds. The summed E-state index contributed by atoms with van der Waals surface area (Å²) in [5.74, 6) is 0.669. The Kier molecular flexibility index (Phi) is 5.90. The van der Waals surface area contributed by atoms with Gasteiger partial charge in [-0.2, -0.15) is 4.98 Å². The van der Waals surface area contributed by atoms with Crippen LogP contribution in [0.4, 0.5) is 5.95 Å². The van der Waals surface area contributed by atoms with Gasteiger partial charge >= 0.3 is 5.97 Å². The van der Waals surface area contributed by atoms with E-state index in [1.165, 1.54) is 7.11 Å². The molecule has 1 aromatic heterocycles. The molecule has 0 saturated heterocycles. The van der Waals surface area contributed by atoms with Crippen molar-refractivity contribution in [3.8, 4) is 5.88 Å². The normalized spacial score (nSPS) is 9.94. The Morgan fingerprint density at radius 3 is 2.83 bits per heavy atom. The summed E-state index contributed by atoms with van der Waals surface area (Å²) in [5, 5.41) is 0. The van der Waals surface area contributed by atoms with Crippen LogP contribution in [-0.2, 0) is 9.53 Å². The highest BCUT2D eigenvalue weighted by molar-refractivity contribution is 5.74. The van der Waals surface area contributed by atoms with E-state index >= 15 is 0 Å². The van der Waals surface area contributed by atoms with Crippen molar-refractivity contribution < 1.29 is 14.3 Å². The fraction of sp³-hybridized carbons (Fsp3) is 0.583. The Labute approximate surface area is 107 Å². The van der Waals surface area contributed by atoms with Gasteiger partial charge in [0.2, 0.25) is 11.8 Å². The van der Waals surface area contributed by atoms with E-state index in [-0.39, 0.29) is 12.5 Å². The summed E-state index contributed by atoms with van der Waals surface area (Å²) in [7, 11) is 1.36. The molecule has 0 unspecified atom stereocenters. The predicted octanol–water partition coefficient (Wildman–Crippen LogP) is 1.26. The van der Waals surface area contributed by atoms with E-state index in [0.717, 1.165) is 6.42 Å². The van der Waals surface area contributed by atoms with Crippen LogP contribution in [0.2, 0.25) is 0 Å². The second kappa shape index (κ2) is 7.47. The molecule has 6 nitrogen and oxygen atoms in total. The van der Waals surface area contributed by atoms with Gasteiger partial charge in [0, 0.05) is 18.8 Å². The molecule has 0 aromatic carbocycles. The third-order valence-corrected chi connectivity index (χ3v) is 2.28. The highest BCUT2D eigenvalue weighted by Gasteiger charge is 2.13. The molecule has 0 atom stereocenters. The summed E-state index contributed by atoms with van der Waals surface area (Å²) >= 11 is 0. The molecule has 18 heavy (non-hydrogen) atoms. The van der Waals surface area contributed by atoms with Gasteiger partial charge in [0.25, 0.3) is 0 Å². The molecule has 0 bridgehead atoms. The van der Waals surface area contributed by atoms with Gasteiger partial charge in [-0.1, -0.05) is 6.92 Å². The quantitative estimate of drug-likeness (QED) is 0.682. The first-order chi connectivity index (χ1) is 8.71. The zero-order valence-corrected chi connectivity index (χ0v) is 11.0. The molecular weight excluding hydrogens is 234 g/mol. The fourth-order valence-electron chi connectivity index (χ4n) is 1.32. The van der Waals surface area contributed by atoms with Crippen molar-refractivity contribution in [2.45, 2.75) is 20.3 Å². The molecule has 1 heterocycles. The van der Waals surface area contributed by atoms with Crippen LogP contribution < -0.4 is 9.64 Å². The van der Waals surface area contributed by atoms with Gasteiger partial charge in [-0.25, -0.2) is 4.98 Å². The van der Waals surface area contributed by atoms with Crippen molar-refractivity contribution in [2.75, 3.05) is 31.7 Å². The molecule has 0 saturated carbocycles. The van der Waals surface area contributed by atoms with Crippen LogP contribution in [-0.4, -0.2) is 42.7 Å². The number of esters is 1. The number of carbonyl (C=O) groups excluding carboxylic acids is 1. The van der Waals surface area contributed by atoms with Crippen LogP contribution in [0.1, 0.15) is 20.3 Å². The van der Waals surface area contributed by atoms with Crippen molar-refractivity contribution in [1.29, 1.82) is 0 Å². The zero-order chi connectivity index (χ0) is 13.4. The molecule has 100 valence electrons. The van der Waals surface area contributed by atoms with Crippen molar-refractivity contribution in [1.82, 2.24) is 9.97 Å². The maximum Gasteiger partial charge on any atom is 0.325 e. The molecule has 0 aliphatic rings. The van der Waals surface area contributed by atoms with E-state index < -0.39 is 0 Å². The number of likely N-dealkylation sites (N-methyl/N-ethyl adjacent to an activating group) is 1. The molecule has 1 aromatic rings. The topological polar surface area (TPSA) is 64.5 Å². The molecule has 0 spiro atoms. The van der Waals surface area contributed by atoms with Crippen molar-refractivity contribution in [2.24, 2.45) is 0 Å². The number of aromatic nitrogens is 2. The maximum absolute atomic E-state index is 11.3. The number of anilines is 1. The van der Waals surface area contributed by atoms with Gasteiger partial charge in [0.1, 0.15) is 6.54 Å². The minimum Gasteiger partial charge on any atom is -0.478 e. The number of ether oxygens (including phenoxy) is 2. The van der Waals surface area contributed by atoms with Gasteiger partial charge in [0.15, 0.2) is 0 Å². The molecule has 1 rings (SSSR count). The van der Waals surface area contributed by atoms with E-state index in [9.17, 15) is 4.79 Å². The Hall–Kier alpha value is -1.85. The third kappa shape index (κ3) is 4.20. The van der Waals surface area contributed by atoms with E-state index in [4.69, 9.17) is 4.74 Å². The highest BCUT2D eigenvalue weighted by atomic mass is 16.5. The number of hydrogen-bond donors (Lipinski definition) is 0. The second-order valence-electron chi connectivity index (χ2n) is 3.63. The summed E-state index contributed by atoms with van der Waals surface area (Å²) in [6.07, 6.45) is 2.53. The SMILES string of the molecule is CCCOc1ccnc(N(CC)CC(=O)OC)n1. The van der Waals surface area contributed by atoms with Gasteiger partial charge in [-0.3, -0.25) is 4.79 Å². The van der Waals surface area contributed by atoms with Gasteiger partial charge < -0.3 is 14.4 Å². The minimum absolute atomic E-state index is 0.129. The summed E-state index contributed by atoms with van der Waals surface area (Å²) in [5.41, 5.74) is 0. The number of carbonyl (C=O) groups is 1. The monoisotopic (exact) mass is 253 g/mol. The average molecular weight is 253 g/mol. The first-order valence-corrected chi connectivity index (χ1v) is 5.98. The molecule has 0 fully saturated rings. The van der Waals surface area contributed by atoms with E-state index in [1.54, 1.807) is 17.2 Å².